The molecule has 1 atom stereocenters. The van der Waals surface area contributed by atoms with E-state index in [1.54, 1.807) is 13.0 Å². The monoisotopic (exact) mass is 398 g/mol. The molecule has 9 heteroatoms. The van der Waals surface area contributed by atoms with Gasteiger partial charge in [-0.2, -0.15) is 8.42 Å². The van der Waals surface area contributed by atoms with Crippen molar-refractivity contribution in [2.75, 3.05) is 6.26 Å². The fourth-order valence-corrected chi connectivity index (χ4v) is 1.91. The van der Waals surface area contributed by atoms with Gasteiger partial charge in [0, 0.05) is 6.54 Å². The van der Waals surface area contributed by atoms with Crippen LogP contribution >= 0.6 is 0 Å². The van der Waals surface area contributed by atoms with Gasteiger partial charge in [-0.1, -0.05) is 24.3 Å². The summed E-state index contributed by atoms with van der Waals surface area (Å²) < 4.78 is 44.6. The highest BCUT2D eigenvalue weighted by Gasteiger charge is 2.07. The number of nitrogens with two attached hydrogens (primary N) is 1. The zero-order chi connectivity index (χ0) is 20.4. The summed E-state index contributed by atoms with van der Waals surface area (Å²) in [5, 5.41) is 3.03. The molecule has 0 saturated carbocycles. The summed E-state index contributed by atoms with van der Waals surface area (Å²) in [6.45, 7) is 2.53. The van der Waals surface area contributed by atoms with E-state index in [4.69, 9.17) is 15.0 Å². The van der Waals surface area contributed by atoms with Crippen LogP contribution in [0.3, 0.4) is 0 Å². The van der Waals surface area contributed by atoms with Crippen molar-refractivity contribution in [3.63, 3.8) is 0 Å². The van der Waals surface area contributed by atoms with E-state index in [-0.39, 0.29) is 5.82 Å². The molecular weight excluding hydrogens is 375 g/mol. The molecule has 0 spiro atoms. The molecular formula is C18H23FN2O5S. The lowest BCUT2D eigenvalue weighted by Gasteiger charge is -2.11. The minimum atomic E-state index is -3.67. The molecule has 0 bridgehead atoms. The van der Waals surface area contributed by atoms with Crippen LogP contribution in [0.5, 0.6) is 5.75 Å². The number of ether oxygens (including phenoxy) is 1. The smallest absolute Gasteiger partial charge is 0.261 e. The predicted octanol–water partition coefficient (Wildman–Crippen LogP) is 1.87. The average Bonchev–Trinajstić information content (AvgIpc) is 2.57. The first-order chi connectivity index (χ1) is 12.5. The van der Waals surface area contributed by atoms with Crippen LogP contribution in [0.25, 0.3) is 0 Å². The predicted molar refractivity (Wildman–Crippen MR) is 100 cm³/mol. The third-order valence-corrected chi connectivity index (χ3v) is 3.23. The number of benzene rings is 2. The zero-order valence-electron chi connectivity index (χ0n) is 15.1. The summed E-state index contributed by atoms with van der Waals surface area (Å²) in [5.41, 5.74) is 6.94. The van der Waals surface area contributed by atoms with Crippen LogP contribution in [0.4, 0.5) is 4.39 Å². The third-order valence-electron chi connectivity index (χ3n) is 3.23. The van der Waals surface area contributed by atoms with E-state index in [9.17, 15) is 17.6 Å². The second-order valence-electron chi connectivity index (χ2n) is 5.80. The highest BCUT2D eigenvalue weighted by Crippen LogP contribution is 2.15. The normalized spacial score (nSPS) is 11.9. The van der Waals surface area contributed by atoms with Gasteiger partial charge in [0.1, 0.15) is 18.2 Å². The summed E-state index contributed by atoms with van der Waals surface area (Å²) in [4.78, 5) is 11.0. The molecule has 0 saturated heterocycles. The summed E-state index contributed by atoms with van der Waals surface area (Å²) in [5.74, 6) is 0.0216. The minimum absolute atomic E-state index is 0.278. The molecule has 0 aliphatic heterocycles. The van der Waals surface area contributed by atoms with Gasteiger partial charge in [-0.25, -0.2) is 4.39 Å². The highest BCUT2D eigenvalue weighted by atomic mass is 32.2. The van der Waals surface area contributed by atoms with E-state index in [1.165, 1.54) is 12.1 Å². The van der Waals surface area contributed by atoms with Crippen molar-refractivity contribution in [3.8, 4) is 5.75 Å². The first-order valence-corrected chi connectivity index (χ1v) is 9.81. The van der Waals surface area contributed by atoms with Crippen LogP contribution < -0.4 is 15.8 Å². The minimum Gasteiger partial charge on any atom is -0.489 e. The van der Waals surface area contributed by atoms with E-state index in [0.29, 0.717) is 25.2 Å². The summed E-state index contributed by atoms with van der Waals surface area (Å²) in [6.07, 6.45) is 0.715. The molecule has 148 valence electrons. The standard InChI is InChI=1S/C17H19FN2O2.CH4O3S/c1-12(17(19)21)20-10-13-4-3-7-16(9-13)22-11-14-5-2-6-15(18)8-14;1-5(2,3)4/h2-9,12,20H,10-11H2,1H3,(H2,19,21);1H3,(H,2,3,4). The lowest BCUT2D eigenvalue weighted by Crippen LogP contribution is -2.38. The van der Waals surface area contributed by atoms with Crippen LogP contribution in [0, 0.1) is 5.82 Å². The number of hydrogen-bond donors (Lipinski definition) is 3. The van der Waals surface area contributed by atoms with Crippen LogP contribution in [0.2, 0.25) is 0 Å². The van der Waals surface area contributed by atoms with Crippen molar-refractivity contribution in [1.82, 2.24) is 5.32 Å². The van der Waals surface area contributed by atoms with Crippen molar-refractivity contribution >= 4 is 16.0 Å². The number of primary amides is 1. The van der Waals surface area contributed by atoms with Crippen LogP contribution in [0.1, 0.15) is 18.1 Å². The quantitative estimate of drug-likeness (QED) is 0.613. The largest absolute Gasteiger partial charge is 0.489 e. The van der Waals surface area contributed by atoms with E-state index >= 15 is 0 Å². The first kappa shape index (κ1) is 22.6. The Morgan fingerprint density at radius 2 is 1.81 bits per heavy atom. The SMILES string of the molecule is CC(NCc1cccc(OCc2cccc(F)c2)c1)C(N)=O.CS(=O)(=O)O. The summed E-state index contributed by atoms with van der Waals surface area (Å²) >= 11 is 0. The Morgan fingerprint density at radius 3 is 2.41 bits per heavy atom. The maximum atomic E-state index is 13.1. The van der Waals surface area contributed by atoms with Crippen molar-refractivity contribution in [2.24, 2.45) is 5.73 Å². The molecule has 0 heterocycles. The molecule has 0 aliphatic rings. The molecule has 2 aromatic carbocycles. The first-order valence-electron chi connectivity index (χ1n) is 7.96. The number of hydrogen-bond acceptors (Lipinski definition) is 5. The Bertz CT molecular complexity index is 850. The molecule has 2 rings (SSSR count). The molecule has 0 fully saturated rings. The average molecular weight is 398 g/mol. The highest BCUT2D eigenvalue weighted by molar-refractivity contribution is 7.85. The molecule has 4 N–H and O–H groups in total. The van der Waals surface area contributed by atoms with Crippen molar-refractivity contribution < 1.29 is 26.9 Å². The van der Waals surface area contributed by atoms with Gasteiger partial charge in [0.05, 0.1) is 12.3 Å². The van der Waals surface area contributed by atoms with Gasteiger partial charge in [-0.15, -0.1) is 0 Å². The van der Waals surface area contributed by atoms with Gasteiger partial charge in [0.25, 0.3) is 10.1 Å². The zero-order valence-corrected chi connectivity index (χ0v) is 15.9. The number of halogens is 1. The van der Waals surface area contributed by atoms with E-state index in [1.807, 2.05) is 30.3 Å². The molecule has 2 aromatic rings. The summed E-state index contributed by atoms with van der Waals surface area (Å²) in [7, 11) is -3.67. The maximum Gasteiger partial charge on any atom is 0.261 e. The Hall–Kier alpha value is -2.49. The molecule has 1 unspecified atom stereocenters. The molecule has 27 heavy (non-hydrogen) atoms. The van der Waals surface area contributed by atoms with Gasteiger partial charge in [0.15, 0.2) is 0 Å². The fourth-order valence-electron chi connectivity index (χ4n) is 1.91. The van der Waals surface area contributed by atoms with Gasteiger partial charge in [-0.05, 0) is 42.3 Å². The van der Waals surface area contributed by atoms with Crippen LogP contribution in [0.15, 0.2) is 48.5 Å². The van der Waals surface area contributed by atoms with Crippen LogP contribution in [-0.2, 0) is 28.1 Å². The number of carbonyl (C=O) groups is 1. The molecule has 7 nitrogen and oxygen atoms in total. The van der Waals surface area contributed by atoms with Gasteiger partial charge < -0.3 is 15.8 Å². The molecule has 1 amide bonds. The lowest BCUT2D eigenvalue weighted by molar-refractivity contribution is -0.119. The Balaban J connectivity index is 0.000000646. The van der Waals surface area contributed by atoms with Crippen molar-refractivity contribution in [3.05, 3.63) is 65.5 Å². The lowest BCUT2D eigenvalue weighted by atomic mass is 10.2. The van der Waals surface area contributed by atoms with Gasteiger partial charge in [0.2, 0.25) is 5.91 Å². The van der Waals surface area contributed by atoms with Crippen molar-refractivity contribution in [2.45, 2.75) is 26.1 Å². The topological polar surface area (TPSA) is 119 Å². The van der Waals surface area contributed by atoms with Gasteiger partial charge >= 0.3 is 0 Å². The van der Waals surface area contributed by atoms with Crippen LogP contribution in [-0.4, -0.2) is 31.2 Å². The van der Waals surface area contributed by atoms with Gasteiger partial charge in [-0.3, -0.25) is 9.35 Å². The fraction of sp³-hybridized carbons (Fsp3) is 0.278. The molecule has 0 aromatic heterocycles. The third kappa shape index (κ3) is 11.0. The number of nitrogens with one attached hydrogen (secondary N) is 1. The Morgan fingerprint density at radius 1 is 1.22 bits per heavy atom. The Kier molecular flexibility index (Phi) is 8.86. The van der Waals surface area contributed by atoms with E-state index in [0.717, 1.165) is 11.1 Å². The number of amides is 1. The summed E-state index contributed by atoms with van der Waals surface area (Å²) in [6, 6.07) is 13.4. The number of rotatable bonds is 7. The van der Waals surface area contributed by atoms with E-state index < -0.39 is 22.1 Å². The van der Waals surface area contributed by atoms with E-state index in [2.05, 4.69) is 5.32 Å². The second-order valence-corrected chi connectivity index (χ2v) is 7.27. The molecule has 0 radical (unpaired) electrons. The number of carbonyl (C=O) groups excluding carboxylic acids is 1. The Labute approximate surface area is 158 Å². The van der Waals surface area contributed by atoms with Crippen molar-refractivity contribution in [1.29, 1.82) is 0 Å². The maximum absolute atomic E-state index is 13.1. The second kappa shape index (κ2) is 10.6. The molecule has 0 aliphatic carbocycles.